The summed E-state index contributed by atoms with van der Waals surface area (Å²) in [7, 11) is 0. The number of aromatic carboxylic acids is 1. The van der Waals surface area contributed by atoms with E-state index in [1.807, 2.05) is 72.9 Å². The lowest BCUT2D eigenvalue weighted by atomic mass is 10.1. The van der Waals surface area contributed by atoms with Crippen LogP contribution in [-0.4, -0.2) is 22.0 Å². The molecule has 1 amide bonds. The van der Waals surface area contributed by atoms with Crippen molar-refractivity contribution >= 4 is 40.7 Å². The summed E-state index contributed by atoms with van der Waals surface area (Å²) < 4.78 is 0. The minimum absolute atomic E-state index is 0.159. The molecule has 0 radical (unpaired) electrons. The molecule has 5 nitrogen and oxygen atoms in total. The van der Waals surface area contributed by atoms with E-state index >= 15 is 0 Å². The molecule has 3 heterocycles. The largest absolute Gasteiger partial charge is 0.478 e. The zero-order valence-electron chi connectivity index (χ0n) is 17.4. The van der Waals surface area contributed by atoms with Gasteiger partial charge in [-0.2, -0.15) is 0 Å². The molecule has 5 rings (SSSR count). The average molecular weight is 451 g/mol. The summed E-state index contributed by atoms with van der Waals surface area (Å²) in [4.78, 5) is 32.6. The Morgan fingerprint density at radius 2 is 1.67 bits per heavy atom. The van der Waals surface area contributed by atoms with Crippen LogP contribution in [0.3, 0.4) is 0 Å². The van der Waals surface area contributed by atoms with Crippen LogP contribution in [0.1, 0.15) is 20.8 Å². The summed E-state index contributed by atoms with van der Waals surface area (Å²) in [5.41, 5.74) is 4.04. The first-order chi connectivity index (χ1) is 16.1. The smallest absolute Gasteiger partial charge is 0.335 e. The van der Waals surface area contributed by atoms with Crippen LogP contribution in [0.15, 0.2) is 103 Å². The van der Waals surface area contributed by atoms with Gasteiger partial charge < -0.3 is 5.11 Å². The van der Waals surface area contributed by atoms with Gasteiger partial charge in [0.2, 0.25) is 0 Å². The van der Waals surface area contributed by atoms with Crippen LogP contribution in [0, 0.1) is 0 Å². The quantitative estimate of drug-likeness (QED) is 0.380. The fourth-order valence-electron chi connectivity index (χ4n) is 3.69. The molecule has 2 aromatic heterocycles. The number of carbonyl (C=O) groups is 2. The highest BCUT2D eigenvalue weighted by Gasteiger charge is 2.30. The maximum Gasteiger partial charge on any atom is 0.335 e. The van der Waals surface area contributed by atoms with Crippen LogP contribution in [0.25, 0.3) is 22.2 Å². The molecule has 160 valence electrons. The van der Waals surface area contributed by atoms with E-state index in [1.165, 1.54) is 12.1 Å². The standard InChI is InChI=1S/C27H18N2O3S/c30-26-21(15-23-12-13-25(33-23)20-7-4-14-28-17-20)16-24(18-5-2-1-3-6-18)29(26)22-10-8-19(9-11-22)27(31)32/h1-17H,(H,31,32)/b21-15+. The average Bonchev–Trinajstić information content (AvgIpc) is 3.45. The number of thiophene rings is 1. The number of hydrogen-bond donors (Lipinski definition) is 1. The van der Waals surface area contributed by atoms with E-state index in [9.17, 15) is 14.7 Å². The molecule has 0 unspecified atom stereocenters. The molecule has 0 spiro atoms. The lowest BCUT2D eigenvalue weighted by molar-refractivity contribution is -0.113. The number of amides is 1. The summed E-state index contributed by atoms with van der Waals surface area (Å²) in [5, 5.41) is 9.21. The fourth-order valence-corrected chi connectivity index (χ4v) is 4.64. The minimum atomic E-state index is -1.00. The Bertz CT molecular complexity index is 1390. The predicted octanol–water partition coefficient (Wildman–Crippen LogP) is 5.98. The van der Waals surface area contributed by atoms with Gasteiger partial charge in [-0.25, -0.2) is 4.79 Å². The van der Waals surface area contributed by atoms with Crippen molar-refractivity contribution in [2.75, 3.05) is 4.90 Å². The SMILES string of the molecule is O=C(O)c1ccc(N2C(=O)/C(=C/c3ccc(-c4cccnc4)s3)C=C2c2ccccc2)cc1. The molecule has 33 heavy (non-hydrogen) atoms. The maximum atomic E-state index is 13.5. The molecular formula is C27H18N2O3S. The van der Waals surface area contributed by atoms with Gasteiger partial charge in [-0.3, -0.25) is 14.7 Å². The normalized spacial score (nSPS) is 14.5. The van der Waals surface area contributed by atoms with E-state index < -0.39 is 5.97 Å². The Morgan fingerprint density at radius 3 is 2.36 bits per heavy atom. The van der Waals surface area contributed by atoms with Crippen LogP contribution < -0.4 is 4.90 Å². The van der Waals surface area contributed by atoms with Gasteiger partial charge in [0.15, 0.2) is 0 Å². The second kappa shape index (κ2) is 8.68. The van der Waals surface area contributed by atoms with Crippen molar-refractivity contribution < 1.29 is 14.7 Å². The first kappa shape index (κ1) is 20.6. The van der Waals surface area contributed by atoms with E-state index in [4.69, 9.17) is 0 Å². The molecule has 0 saturated carbocycles. The van der Waals surface area contributed by atoms with Crippen molar-refractivity contribution in [3.05, 3.63) is 119 Å². The van der Waals surface area contributed by atoms with Gasteiger partial charge in [0.1, 0.15) is 0 Å². The topological polar surface area (TPSA) is 70.5 Å². The van der Waals surface area contributed by atoms with Crippen LogP contribution >= 0.6 is 11.3 Å². The lowest BCUT2D eigenvalue weighted by Crippen LogP contribution is -2.25. The van der Waals surface area contributed by atoms with Crippen molar-refractivity contribution in [1.82, 2.24) is 4.98 Å². The van der Waals surface area contributed by atoms with E-state index in [0.29, 0.717) is 11.3 Å². The summed E-state index contributed by atoms with van der Waals surface area (Å²) in [6, 6.07) is 23.9. The number of aromatic nitrogens is 1. The zero-order valence-corrected chi connectivity index (χ0v) is 18.2. The number of pyridine rings is 1. The van der Waals surface area contributed by atoms with Crippen LogP contribution in [0.5, 0.6) is 0 Å². The van der Waals surface area contributed by atoms with Gasteiger partial charge in [-0.05, 0) is 60.2 Å². The summed E-state index contributed by atoms with van der Waals surface area (Å²) in [6.07, 6.45) is 7.33. The molecule has 0 fully saturated rings. The summed E-state index contributed by atoms with van der Waals surface area (Å²) in [6.45, 7) is 0. The Labute approximate surface area is 194 Å². The van der Waals surface area contributed by atoms with Gasteiger partial charge in [-0.1, -0.05) is 36.4 Å². The number of carbonyl (C=O) groups excluding carboxylic acids is 1. The van der Waals surface area contributed by atoms with Crippen molar-refractivity contribution in [3.8, 4) is 10.4 Å². The maximum absolute atomic E-state index is 13.5. The monoisotopic (exact) mass is 450 g/mol. The van der Waals surface area contributed by atoms with Gasteiger partial charge in [0, 0.05) is 39.0 Å². The van der Waals surface area contributed by atoms with Crippen LogP contribution in [-0.2, 0) is 4.79 Å². The molecular weight excluding hydrogens is 432 g/mol. The Hall–Kier alpha value is -4.29. The number of rotatable bonds is 5. The number of benzene rings is 2. The Kier molecular flexibility index (Phi) is 5.42. The number of nitrogens with zero attached hydrogens (tertiary/aromatic N) is 2. The second-order valence-corrected chi connectivity index (χ2v) is 8.55. The highest BCUT2D eigenvalue weighted by molar-refractivity contribution is 7.16. The van der Waals surface area contributed by atoms with Gasteiger partial charge in [0.05, 0.1) is 11.3 Å². The molecule has 4 aromatic rings. The molecule has 6 heteroatoms. The molecule has 0 aliphatic carbocycles. The molecule has 1 aliphatic rings. The number of anilines is 1. The minimum Gasteiger partial charge on any atom is -0.478 e. The highest BCUT2D eigenvalue weighted by atomic mass is 32.1. The summed E-state index contributed by atoms with van der Waals surface area (Å²) >= 11 is 1.59. The number of carboxylic acid groups (broad SMARTS) is 1. The van der Waals surface area contributed by atoms with E-state index in [-0.39, 0.29) is 11.5 Å². The molecule has 2 aromatic carbocycles. The first-order valence-corrected chi connectivity index (χ1v) is 11.1. The first-order valence-electron chi connectivity index (χ1n) is 10.3. The third-order valence-corrected chi connectivity index (χ3v) is 6.38. The molecule has 0 bridgehead atoms. The Balaban J connectivity index is 1.54. The van der Waals surface area contributed by atoms with Crippen LogP contribution in [0.2, 0.25) is 0 Å². The highest BCUT2D eigenvalue weighted by Crippen LogP contribution is 2.36. The van der Waals surface area contributed by atoms with E-state index in [2.05, 4.69) is 4.98 Å². The zero-order chi connectivity index (χ0) is 22.8. The van der Waals surface area contributed by atoms with Gasteiger partial charge in [0.25, 0.3) is 5.91 Å². The number of hydrogen-bond acceptors (Lipinski definition) is 4. The van der Waals surface area contributed by atoms with Crippen molar-refractivity contribution in [3.63, 3.8) is 0 Å². The van der Waals surface area contributed by atoms with Crippen LogP contribution in [0.4, 0.5) is 5.69 Å². The Morgan fingerprint density at radius 1 is 0.909 bits per heavy atom. The van der Waals surface area contributed by atoms with Gasteiger partial charge >= 0.3 is 5.97 Å². The number of carboxylic acids is 1. The second-order valence-electron chi connectivity index (χ2n) is 7.43. The van der Waals surface area contributed by atoms with Crippen molar-refractivity contribution in [2.45, 2.75) is 0 Å². The van der Waals surface area contributed by atoms with Crippen molar-refractivity contribution in [2.24, 2.45) is 0 Å². The van der Waals surface area contributed by atoms with E-state index in [0.717, 1.165) is 26.6 Å². The molecule has 1 N–H and O–H groups in total. The third-order valence-electron chi connectivity index (χ3n) is 5.30. The predicted molar refractivity (Wildman–Crippen MR) is 131 cm³/mol. The summed E-state index contributed by atoms with van der Waals surface area (Å²) in [5.74, 6) is -1.16. The van der Waals surface area contributed by atoms with Crippen molar-refractivity contribution in [1.29, 1.82) is 0 Å². The molecule has 0 atom stereocenters. The molecule has 1 aliphatic heterocycles. The lowest BCUT2D eigenvalue weighted by Gasteiger charge is -2.21. The molecule has 0 saturated heterocycles. The third kappa shape index (κ3) is 4.12. The van der Waals surface area contributed by atoms with E-state index in [1.54, 1.807) is 34.6 Å². The van der Waals surface area contributed by atoms with Gasteiger partial charge in [-0.15, -0.1) is 11.3 Å². The fraction of sp³-hybridized carbons (Fsp3) is 0.